The zero-order chi connectivity index (χ0) is 11.9. The van der Waals surface area contributed by atoms with Crippen LogP contribution in [0, 0.1) is 0 Å². The van der Waals surface area contributed by atoms with Gasteiger partial charge in [-0.3, -0.25) is 4.98 Å². The number of rotatable bonds is 5. The number of aromatic nitrogens is 2. The quantitative estimate of drug-likeness (QED) is 0.817. The SMILES string of the molecule is CC(CNC1CCCCC1)Sc1cnccn1. The van der Waals surface area contributed by atoms with Gasteiger partial charge >= 0.3 is 0 Å². The summed E-state index contributed by atoms with van der Waals surface area (Å²) in [5, 5.41) is 5.24. The minimum absolute atomic E-state index is 0.550. The molecular formula is C13H21N3S. The molecule has 17 heavy (non-hydrogen) atoms. The molecule has 1 N–H and O–H groups in total. The lowest BCUT2D eigenvalue weighted by Gasteiger charge is -2.24. The maximum absolute atomic E-state index is 4.29. The fourth-order valence-electron chi connectivity index (χ4n) is 2.23. The number of nitrogens with zero attached hydrogens (tertiary/aromatic N) is 2. The highest BCUT2D eigenvalue weighted by Crippen LogP contribution is 2.21. The molecule has 0 aromatic carbocycles. The number of nitrogens with one attached hydrogen (secondary N) is 1. The zero-order valence-electron chi connectivity index (χ0n) is 10.4. The summed E-state index contributed by atoms with van der Waals surface area (Å²) >= 11 is 1.80. The Morgan fingerprint density at radius 2 is 2.18 bits per heavy atom. The Bertz CT molecular complexity index is 312. The van der Waals surface area contributed by atoms with Crippen molar-refractivity contribution < 1.29 is 0 Å². The Kier molecular flexibility index (Phi) is 5.26. The zero-order valence-corrected chi connectivity index (χ0v) is 11.2. The fourth-order valence-corrected chi connectivity index (χ4v) is 3.07. The molecule has 0 saturated heterocycles. The third kappa shape index (κ3) is 4.64. The van der Waals surface area contributed by atoms with Gasteiger partial charge in [-0.15, -0.1) is 11.8 Å². The lowest BCUT2D eigenvalue weighted by molar-refractivity contribution is 0.375. The van der Waals surface area contributed by atoms with Gasteiger partial charge in [0, 0.05) is 30.2 Å². The van der Waals surface area contributed by atoms with Crippen molar-refractivity contribution in [2.24, 2.45) is 0 Å². The minimum Gasteiger partial charge on any atom is -0.313 e. The van der Waals surface area contributed by atoms with Gasteiger partial charge in [0.2, 0.25) is 0 Å². The highest BCUT2D eigenvalue weighted by Gasteiger charge is 2.14. The van der Waals surface area contributed by atoms with Crippen LogP contribution in [0.25, 0.3) is 0 Å². The predicted octanol–water partition coefficient (Wildman–Crippen LogP) is 2.88. The van der Waals surface area contributed by atoms with Crippen LogP contribution < -0.4 is 5.32 Å². The Hall–Kier alpha value is -0.610. The van der Waals surface area contributed by atoms with Crippen molar-refractivity contribution in [3.63, 3.8) is 0 Å². The van der Waals surface area contributed by atoms with Crippen LogP contribution >= 0.6 is 11.8 Å². The standard InChI is InChI=1S/C13H21N3S/c1-11(17-13-10-14-7-8-15-13)9-16-12-5-3-2-4-6-12/h7-8,10-12,16H,2-6,9H2,1H3. The topological polar surface area (TPSA) is 37.8 Å². The molecule has 0 radical (unpaired) electrons. The van der Waals surface area contributed by atoms with Crippen molar-refractivity contribution in [3.8, 4) is 0 Å². The summed E-state index contributed by atoms with van der Waals surface area (Å²) in [4.78, 5) is 8.37. The minimum atomic E-state index is 0.550. The second-order valence-corrected chi connectivity index (χ2v) is 6.17. The van der Waals surface area contributed by atoms with E-state index in [-0.39, 0.29) is 0 Å². The van der Waals surface area contributed by atoms with Crippen LogP contribution in [0.1, 0.15) is 39.0 Å². The average molecular weight is 251 g/mol. The van der Waals surface area contributed by atoms with E-state index in [4.69, 9.17) is 0 Å². The fraction of sp³-hybridized carbons (Fsp3) is 0.692. The second kappa shape index (κ2) is 6.97. The molecule has 1 aliphatic rings. The highest BCUT2D eigenvalue weighted by molar-refractivity contribution is 7.99. The van der Waals surface area contributed by atoms with Crippen LogP contribution in [0.5, 0.6) is 0 Å². The summed E-state index contributed by atoms with van der Waals surface area (Å²) in [6.45, 7) is 3.31. The molecule has 0 spiro atoms. The van der Waals surface area contributed by atoms with Gasteiger partial charge in [0.1, 0.15) is 5.03 Å². The molecule has 1 aliphatic carbocycles. The third-order valence-electron chi connectivity index (χ3n) is 3.16. The van der Waals surface area contributed by atoms with E-state index in [2.05, 4.69) is 22.2 Å². The molecule has 1 aromatic heterocycles. The molecule has 1 fully saturated rings. The first kappa shape index (κ1) is 12.8. The molecule has 1 saturated carbocycles. The van der Waals surface area contributed by atoms with E-state index in [1.807, 2.05) is 6.20 Å². The van der Waals surface area contributed by atoms with E-state index in [1.165, 1.54) is 32.1 Å². The van der Waals surface area contributed by atoms with Gasteiger partial charge in [-0.1, -0.05) is 26.2 Å². The Morgan fingerprint density at radius 3 is 2.88 bits per heavy atom. The van der Waals surface area contributed by atoms with Crippen molar-refractivity contribution in [2.45, 2.75) is 55.3 Å². The molecule has 1 aromatic rings. The Morgan fingerprint density at radius 1 is 1.35 bits per heavy atom. The predicted molar refractivity (Wildman–Crippen MR) is 72.2 cm³/mol. The van der Waals surface area contributed by atoms with Gasteiger partial charge in [-0.25, -0.2) is 4.98 Å². The second-order valence-electron chi connectivity index (χ2n) is 4.72. The van der Waals surface area contributed by atoms with Crippen LogP contribution in [-0.2, 0) is 0 Å². The molecule has 0 bridgehead atoms. The smallest absolute Gasteiger partial charge is 0.115 e. The van der Waals surface area contributed by atoms with Crippen molar-refractivity contribution in [2.75, 3.05) is 6.54 Å². The van der Waals surface area contributed by atoms with Crippen LogP contribution in [-0.4, -0.2) is 27.8 Å². The van der Waals surface area contributed by atoms with Crippen LogP contribution in [0.4, 0.5) is 0 Å². The van der Waals surface area contributed by atoms with Crippen LogP contribution in [0.15, 0.2) is 23.6 Å². The average Bonchev–Trinajstić information content (AvgIpc) is 2.39. The number of hydrogen-bond acceptors (Lipinski definition) is 4. The molecule has 3 nitrogen and oxygen atoms in total. The Labute approximate surface area is 108 Å². The van der Waals surface area contributed by atoms with Crippen LogP contribution in [0.3, 0.4) is 0 Å². The van der Waals surface area contributed by atoms with E-state index < -0.39 is 0 Å². The monoisotopic (exact) mass is 251 g/mol. The molecule has 94 valence electrons. The first-order valence-corrected chi connectivity index (χ1v) is 7.38. The van der Waals surface area contributed by atoms with Gasteiger partial charge in [-0.2, -0.15) is 0 Å². The first-order valence-electron chi connectivity index (χ1n) is 6.50. The van der Waals surface area contributed by atoms with Gasteiger partial charge < -0.3 is 5.32 Å². The number of thioether (sulfide) groups is 1. The first-order chi connectivity index (χ1) is 8.34. The van der Waals surface area contributed by atoms with Gasteiger partial charge in [0.15, 0.2) is 0 Å². The molecule has 1 atom stereocenters. The molecule has 0 amide bonds. The van der Waals surface area contributed by atoms with E-state index >= 15 is 0 Å². The summed E-state index contributed by atoms with van der Waals surface area (Å²) in [6, 6.07) is 0.744. The van der Waals surface area contributed by atoms with Gasteiger partial charge in [-0.05, 0) is 12.8 Å². The van der Waals surface area contributed by atoms with Crippen molar-refractivity contribution >= 4 is 11.8 Å². The lowest BCUT2D eigenvalue weighted by Crippen LogP contribution is -2.35. The van der Waals surface area contributed by atoms with Gasteiger partial charge in [0.25, 0.3) is 0 Å². The van der Waals surface area contributed by atoms with E-state index in [0.29, 0.717) is 5.25 Å². The van der Waals surface area contributed by atoms with Crippen molar-refractivity contribution in [1.29, 1.82) is 0 Å². The summed E-state index contributed by atoms with van der Waals surface area (Å²) in [5.74, 6) is 0. The molecular weight excluding hydrogens is 230 g/mol. The molecule has 2 rings (SSSR count). The summed E-state index contributed by atoms with van der Waals surface area (Å²) < 4.78 is 0. The highest BCUT2D eigenvalue weighted by atomic mass is 32.2. The van der Waals surface area contributed by atoms with Crippen molar-refractivity contribution in [3.05, 3.63) is 18.6 Å². The maximum atomic E-state index is 4.29. The molecule has 0 aliphatic heterocycles. The third-order valence-corrected chi connectivity index (χ3v) is 4.18. The summed E-state index contributed by atoms with van der Waals surface area (Å²) in [7, 11) is 0. The Balaban J connectivity index is 1.68. The normalized spacial score (nSPS) is 19.1. The van der Waals surface area contributed by atoms with E-state index in [1.54, 1.807) is 24.2 Å². The largest absolute Gasteiger partial charge is 0.313 e. The summed E-state index contributed by atoms with van der Waals surface area (Å²) in [6.07, 6.45) is 12.2. The maximum Gasteiger partial charge on any atom is 0.115 e. The summed E-state index contributed by atoms with van der Waals surface area (Å²) in [5.41, 5.74) is 0. The van der Waals surface area contributed by atoms with E-state index in [9.17, 15) is 0 Å². The van der Waals surface area contributed by atoms with Crippen molar-refractivity contribution in [1.82, 2.24) is 15.3 Å². The lowest BCUT2D eigenvalue weighted by atomic mass is 9.95. The molecule has 4 heteroatoms. The van der Waals surface area contributed by atoms with Crippen LogP contribution in [0.2, 0.25) is 0 Å². The van der Waals surface area contributed by atoms with E-state index in [0.717, 1.165) is 17.6 Å². The number of hydrogen-bond donors (Lipinski definition) is 1. The van der Waals surface area contributed by atoms with Gasteiger partial charge in [0.05, 0.1) is 6.20 Å². The molecule has 1 unspecified atom stereocenters. The molecule has 1 heterocycles.